The van der Waals surface area contributed by atoms with Gasteiger partial charge in [-0.1, -0.05) is 32.0 Å². The minimum Gasteiger partial charge on any atom is -0.371 e. The maximum absolute atomic E-state index is 6.09. The molecule has 3 nitrogen and oxygen atoms in total. The Morgan fingerprint density at radius 1 is 1.00 bits per heavy atom. The van der Waals surface area contributed by atoms with E-state index in [9.17, 15) is 0 Å². The summed E-state index contributed by atoms with van der Waals surface area (Å²) in [6.45, 7) is 14.3. The molecule has 20 heavy (non-hydrogen) atoms. The van der Waals surface area contributed by atoms with Crippen LogP contribution >= 0.6 is 0 Å². The SMILES string of the molecule is CCN(CC)CCCN(CC)c1ccccc1[C@H](C)N. The number of hydrogen-bond acceptors (Lipinski definition) is 3. The molecule has 0 unspecified atom stereocenters. The van der Waals surface area contributed by atoms with Crippen LogP contribution in [0.1, 0.15) is 45.7 Å². The number of hydrogen-bond donors (Lipinski definition) is 1. The van der Waals surface area contributed by atoms with Gasteiger partial charge in [0, 0.05) is 24.8 Å². The maximum Gasteiger partial charge on any atom is 0.0414 e. The fourth-order valence-corrected chi connectivity index (χ4v) is 2.63. The van der Waals surface area contributed by atoms with Crippen LogP contribution in [-0.2, 0) is 0 Å². The Hall–Kier alpha value is -1.06. The highest BCUT2D eigenvalue weighted by Gasteiger charge is 2.12. The van der Waals surface area contributed by atoms with Crippen LogP contribution < -0.4 is 10.6 Å². The van der Waals surface area contributed by atoms with Gasteiger partial charge in [-0.3, -0.25) is 0 Å². The van der Waals surface area contributed by atoms with Gasteiger partial charge in [-0.25, -0.2) is 0 Å². The van der Waals surface area contributed by atoms with Gasteiger partial charge in [0.2, 0.25) is 0 Å². The van der Waals surface area contributed by atoms with Gasteiger partial charge in [-0.15, -0.1) is 0 Å². The van der Waals surface area contributed by atoms with Crippen molar-refractivity contribution in [1.29, 1.82) is 0 Å². The van der Waals surface area contributed by atoms with E-state index < -0.39 is 0 Å². The van der Waals surface area contributed by atoms with Gasteiger partial charge in [-0.05, 0) is 51.5 Å². The smallest absolute Gasteiger partial charge is 0.0414 e. The second kappa shape index (κ2) is 8.98. The maximum atomic E-state index is 6.09. The lowest BCUT2D eigenvalue weighted by Crippen LogP contribution is -2.30. The summed E-state index contributed by atoms with van der Waals surface area (Å²) in [4.78, 5) is 4.92. The molecule has 1 aromatic carbocycles. The lowest BCUT2D eigenvalue weighted by Gasteiger charge is -2.28. The molecule has 0 aromatic heterocycles. The van der Waals surface area contributed by atoms with Crippen LogP contribution in [0.5, 0.6) is 0 Å². The molecule has 2 N–H and O–H groups in total. The highest BCUT2D eigenvalue weighted by Crippen LogP contribution is 2.25. The zero-order valence-corrected chi connectivity index (χ0v) is 13.6. The molecule has 0 saturated heterocycles. The van der Waals surface area contributed by atoms with E-state index in [1.54, 1.807) is 0 Å². The van der Waals surface area contributed by atoms with Crippen LogP contribution in [0.15, 0.2) is 24.3 Å². The third-order valence-electron chi connectivity index (χ3n) is 3.95. The van der Waals surface area contributed by atoms with E-state index in [2.05, 4.69) is 61.8 Å². The summed E-state index contributed by atoms with van der Waals surface area (Å²) in [6.07, 6.45) is 1.20. The molecule has 1 atom stereocenters. The second-order valence-corrected chi connectivity index (χ2v) is 5.31. The first kappa shape index (κ1) is 17.0. The predicted molar refractivity (Wildman–Crippen MR) is 89.3 cm³/mol. The van der Waals surface area contributed by atoms with Gasteiger partial charge >= 0.3 is 0 Å². The first-order valence-corrected chi connectivity index (χ1v) is 7.95. The largest absolute Gasteiger partial charge is 0.371 e. The van der Waals surface area contributed by atoms with Gasteiger partial charge in [0.15, 0.2) is 0 Å². The van der Waals surface area contributed by atoms with Crippen LogP contribution in [-0.4, -0.2) is 37.6 Å². The zero-order valence-electron chi connectivity index (χ0n) is 13.6. The Kier molecular flexibility index (Phi) is 7.63. The third-order valence-corrected chi connectivity index (χ3v) is 3.95. The second-order valence-electron chi connectivity index (χ2n) is 5.31. The molecule has 0 aliphatic heterocycles. The summed E-state index contributed by atoms with van der Waals surface area (Å²) < 4.78 is 0. The van der Waals surface area contributed by atoms with E-state index in [-0.39, 0.29) is 6.04 Å². The summed E-state index contributed by atoms with van der Waals surface area (Å²) in [5, 5.41) is 0. The Labute approximate surface area is 124 Å². The van der Waals surface area contributed by atoms with Crippen LogP contribution in [0.4, 0.5) is 5.69 Å². The predicted octanol–water partition coefficient (Wildman–Crippen LogP) is 3.26. The molecule has 0 amide bonds. The van der Waals surface area contributed by atoms with E-state index >= 15 is 0 Å². The van der Waals surface area contributed by atoms with Crippen LogP contribution in [0.3, 0.4) is 0 Å². The van der Waals surface area contributed by atoms with E-state index in [0.29, 0.717) is 0 Å². The fourth-order valence-electron chi connectivity index (χ4n) is 2.63. The molecule has 0 radical (unpaired) electrons. The van der Waals surface area contributed by atoms with Gasteiger partial charge in [0.1, 0.15) is 0 Å². The van der Waals surface area contributed by atoms with Crippen molar-refractivity contribution >= 4 is 5.69 Å². The van der Waals surface area contributed by atoms with Gasteiger partial charge in [0.25, 0.3) is 0 Å². The van der Waals surface area contributed by atoms with Gasteiger partial charge < -0.3 is 15.5 Å². The average molecular weight is 277 g/mol. The molecule has 114 valence electrons. The Bertz CT molecular complexity index is 372. The third kappa shape index (κ3) is 4.80. The zero-order chi connectivity index (χ0) is 15.0. The van der Waals surface area contributed by atoms with Crippen molar-refractivity contribution in [1.82, 2.24) is 4.90 Å². The normalized spacial score (nSPS) is 12.7. The Morgan fingerprint density at radius 2 is 1.65 bits per heavy atom. The van der Waals surface area contributed by atoms with Crippen LogP contribution in [0.25, 0.3) is 0 Å². The number of anilines is 1. The van der Waals surface area contributed by atoms with Gasteiger partial charge in [0.05, 0.1) is 0 Å². The molecule has 1 aromatic rings. The minimum atomic E-state index is 0.0861. The van der Waals surface area contributed by atoms with Crippen molar-refractivity contribution in [2.24, 2.45) is 5.73 Å². The summed E-state index contributed by atoms with van der Waals surface area (Å²) in [5.74, 6) is 0. The first-order chi connectivity index (χ1) is 9.63. The molecule has 0 spiro atoms. The first-order valence-electron chi connectivity index (χ1n) is 7.95. The molecular weight excluding hydrogens is 246 g/mol. The van der Waals surface area contributed by atoms with Crippen molar-refractivity contribution in [3.63, 3.8) is 0 Å². The average Bonchev–Trinajstić information content (AvgIpc) is 2.47. The number of para-hydroxylation sites is 1. The van der Waals surface area contributed by atoms with Crippen LogP contribution in [0, 0.1) is 0 Å². The Morgan fingerprint density at radius 3 is 2.20 bits per heavy atom. The van der Waals surface area contributed by atoms with Crippen LogP contribution in [0.2, 0.25) is 0 Å². The number of rotatable bonds is 9. The Balaban J connectivity index is 2.67. The highest BCUT2D eigenvalue weighted by atomic mass is 15.1. The van der Waals surface area contributed by atoms with Crippen molar-refractivity contribution in [3.05, 3.63) is 29.8 Å². The van der Waals surface area contributed by atoms with Crippen molar-refractivity contribution in [2.45, 2.75) is 40.2 Å². The highest BCUT2D eigenvalue weighted by molar-refractivity contribution is 5.54. The number of benzene rings is 1. The molecule has 0 bridgehead atoms. The van der Waals surface area contributed by atoms with E-state index in [0.717, 1.165) is 26.2 Å². The molecule has 3 heteroatoms. The molecule has 1 rings (SSSR count). The molecule has 0 aliphatic rings. The standard InChI is InChI=1S/C17H31N3/c1-5-19(6-2)13-10-14-20(7-3)17-12-9-8-11-16(17)15(4)18/h8-9,11-12,15H,5-7,10,13-14,18H2,1-4H3/t15-/m0/s1. The van der Waals surface area contributed by atoms with Gasteiger partial charge in [-0.2, -0.15) is 0 Å². The summed E-state index contributed by atoms with van der Waals surface area (Å²) in [6, 6.07) is 8.61. The van der Waals surface area contributed by atoms with Crippen molar-refractivity contribution < 1.29 is 0 Å². The molecule has 0 aliphatic carbocycles. The molecule has 0 fully saturated rings. The topological polar surface area (TPSA) is 32.5 Å². The summed E-state index contributed by atoms with van der Waals surface area (Å²) >= 11 is 0. The van der Waals surface area contributed by atoms with Crippen molar-refractivity contribution in [3.8, 4) is 0 Å². The van der Waals surface area contributed by atoms with E-state index in [1.807, 2.05) is 0 Å². The monoisotopic (exact) mass is 277 g/mol. The lowest BCUT2D eigenvalue weighted by molar-refractivity contribution is 0.300. The molecule has 0 saturated carbocycles. The quantitative estimate of drug-likeness (QED) is 0.752. The number of nitrogens with zero attached hydrogens (tertiary/aromatic N) is 2. The number of nitrogens with two attached hydrogens (primary N) is 1. The minimum absolute atomic E-state index is 0.0861. The van der Waals surface area contributed by atoms with Crippen molar-refractivity contribution in [2.75, 3.05) is 37.6 Å². The van der Waals surface area contributed by atoms with E-state index in [1.165, 1.54) is 24.2 Å². The molecular formula is C17H31N3. The lowest BCUT2D eigenvalue weighted by atomic mass is 10.1. The summed E-state index contributed by atoms with van der Waals surface area (Å²) in [7, 11) is 0. The molecule has 0 heterocycles. The van der Waals surface area contributed by atoms with E-state index in [4.69, 9.17) is 5.73 Å². The fraction of sp³-hybridized carbons (Fsp3) is 0.647. The summed E-state index contributed by atoms with van der Waals surface area (Å²) in [5.41, 5.74) is 8.64.